The minimum Gasteiger partial charge on any atom is -0.497 e. The van der Waals surface area contributed by atoms with Crippen molar-refractivity contribution in [3.63, 3.8) is 0 Å². The molecule has 32 heavy (non-hydrogen) atoms. The monoisotopic (exact) mass is 446 g/mol. The molecule has 162 valence electrons. The molecule has 0 atom stereocenters. The van der Waals surface area contributed by atoms with Crippen molar-refractivity contribution in [1.29, 1.82) is 0 Å². The Morgan fingerprint density at radius 2 is 1.75 bits per heavy atom. The zero-order valence-electron chi connectivity index (χ0n) is 18.0. The molecule has 4 rings (SSSR count). The molecule has 4 aromatic rings. The van der Waals surface area contributed by atoms with Crippen molar-refractivity contribution >= 4 is 38.9 Å². The highest BCUT2D eigenvalue weighted by Gasteiger charge is 2.25. The smallest absolute Gasteiger partial charge is 0.255 e. The number of pyridine rings is 1. The number of methoxy groups -OCH3 is 2. The fourth-order valence-electron chi connectivity index (χ4n) is 3.53. The maximum absolute atomic E-state index is 13.5. The topological polar surface area (TPSA) is 77.5 Å². The largest absolute Gasteiger partial charge is 0.497 e. The molecule has 0 bridgehead atoms. The van der Waals surface area contributed by atoms with Crippen LogP contribution in [0, 0.1) is 6.92 Å². The Hall–Kier alpha value is -3.55. The molecule has 0 saturated carbocycles. The Balaban J connectivity index is 1.89. The van der Waals surface area contributed by atoms with Crippen LogP contribution in [0.5, 0.6) is 5.75 Å². The number of aryl methyl sites for hydroxylation is 1. The van der Waals surface area contributed by atoms with Crippen molar-refractivity contribution in [2.24, 2.45) is 0 Å². The molecule has 7 heteroatoms. The number of carbonyl (C=O) groups excluding carboxylic acids is 2. The first-order chi connectivity index (χ1) is 15.5. The van der Waals surface area contributed by atoms with E-state index in [1.165, 1.54) is 11.3 Å². The lowest BCUT2D eigenvalue weighted by Crippen LogP contribution is -2.14. The summed E-state index contributed by atoms with van der Waals surface area (Å²) in [5.74, 6) is 0.0751. The van der Waals surface area contributed by atoms with E-state index in [0.29, 0.717) is 38.9 Å². The van der Waals surface area contributed by atoms with Crippen molar-refractivity contribution in [3.8, 4) is 5.75 Å². The number of benzene rings is 2. The van der Waals surface area contributed by atoms with Gasteiger partial charge in [0.15, 0.2) is 0 Å². The van der Waals surface area contributed by atoms with Crippen molar-refractivity contribution in [2.45, 2.75) is 13.5 Å². The summed E-state index contributed by atoms with van der Waals surface area (Å²) in [4.78, 5) is 32.2. The quantitative estimate of drug-likeness (QED) is 0.393. The van der Waals surface area contributed by atoms with Gasteiger partial charge < -0.3 is 14.8 Å². The SMILES string of the molecule is COCc1cc(C)nc2sc(C(=O)c3cccc(OC)c3)c(NC(=O)c3ccccc3)c12. The van der Waals surface area contributed by atoms with Crippen molar-refractivity contribution in [1.82, 2.24) is 4.98 Å². The molecule has 0 aliphatic heterocycles. The number of ketones is 1. The third-order valence-corrected chi connectivity index (χ3v) is 6.07. The van der Waals surface area contributed by atoms with Crippen LogP contribution in [0.15, 0.2) is 60.7 Å². The molecule has 0 aliphatic carbocycles. The van der Waals surface area contributed by atoms with Crippen LogP contribution in [-0.4, -0.2) is 30.9 Å². The van der Waals surface area contributed by atoms with Crippen molar-refractivity contribution in [2.75, 3.05) is 19.5 Å². The van der Waals surface area contributed by atoms with Gasteiger partial charge in [-0.15, -0.1) is 11.3 Å². The number of nitrogens with zero attached hydrogens (tertiary/aromatic N) is 1. The Bertz CT molecular complexity index is 1300. The zero-order valence-corrected chi connectivity index (χ0v) is 18.8. The highest BCUT2D eigenvalue weighted by molar-refractivity contribution is 7.21. The highest BCUT2D eigenvalue weighted by Crippen LogP contribution is 2.39. The second-order valence-corrected chi connectivity index (χ2v) is 8.22. The number of carbonyl (C=O) groups is 2. The summed E-state index contributed by atoms with van der Waals surface area (Å²) < 4.78 is 10.7. The Labute approximate surface area is 189 Å². The number of fused-ring (bicyclic) bond motifs is 1. The van der Waals surface area contributed by atoms with E-state index in [1.807, 2.05) is 19.1 Å². The van der Waals surface area contributed by atoms with Gasteiger partial charge in [-0.3, -0.25) is 9.59 Å². The number of hydrogen-bond donors (Lipinski definition) is 1. The van der Waals surface area contributed by atoms with Gasteiger partial charge in [0.05, 0.1) is 19.4 Å². The van der Waals surface area contributed by atoms with E-state index in [-0.39, 0.29) is 11.7 Å². The van der Waals surface area contributed by atoms with E-state index >= 15 is 0 Å². The van der Waals surface area contributed by atoms with E-state index in [2.05, 4.69) is 10.3 Å². The number of hydrogen-bond acceptors (Lipinski definition) is 6. The van der Waals surface area contributed by atoms with Crippen molar-refractivity contribution in [3.05, 3.63) is 87.9 Å². The molecule has 2 aromatic carbocycles. The molecule has 1 amide bonds. The fourth-order valence-corrected chi connectivity index (χ4v) is 4.72. The number of rotatable bonds is 7. The van der Waals surface area contributed by atoms with Crippen LogP contribution in [0.1, 0.15) is 36.9 Å². The number of ether oxygens (including phenoxy) is 2. The highest BCUT2D eigenvalue weighted by atomic mass is 32.1. The average molecular weight is 447 g/mol. The standard InChI is InChI=1S/C25H22N2O4S/c1-15-12-18(14-30-2)20-21(27-24(29)16-8-5-4-6-9-16)23(32-25(20)26-15)22(28)17-10-7-11-19(13-17)31-3/h4-13H,14H2,1-3H3,(H,27,29). The Morgan fingerprint density at radius 3 is 2.47 bits per heavy atom. The molecule has 0 spiro atoms. The van der Waals surface area contributed by atoms with Crippen LogP contribution >= 0.6 is 11.3 Å². The lowest BCUT2D eigenvalue weighted by molar-refractivity contribution is 0.102. The molecule has 2 aromatic heterocycles. The Morgan fingerprint density at radius 1 is 1.00 bits per heavy atom. The fraction of sp³-hybridized carbons (Fsp3) is 0.160. The van der Waals surface area contributed by atoms with Crippen LogP contribution < -0.4 is 10.1 Å². The Kier molecular flexibility index (Phi) is 6.30. The number of aromatic nitrogens is 1. The first-order valence-corrected chi connectivity index (χ1v) is 10.8. The van der Waals surface area contributed by atoms with Crippen LogP contribution in [0.4, 0.5) is 5.69 Å². The summed E-state index contributed by atoms with van der Waals surface area (Å²) in [6.07, 6.45) is 0. The molecular weight excluding hydrogens is 424 g/mol. The van der Waals surface area contributed by atoms with Gasteiger partial charge in [-0.1, -0.05) is 30.3 Å². The lowest BCUT2D eigenvalue weighted by Gasteiger charge is -2.10. The molecule has 0 fully saturated rings. The van der Waals surface area contributed by atoms with Gasteiger partial charge >= 0.3 is 0 Å². The second kappa shape index (κ2) is 9.30. The van der Waals surface area contributed by atoms with Crippen molar-refractivity contribution < 1.29 is 19.1 Å². The molecule has 0 radical (unpaired) electrons. The number of thiophene rings is 1. The van der Waals surface area contributed by atoms with Gasteiger partial charge in [-0.25, -0.2) is 4.98 Å². The van der Waals surface area contributed by atoms with Gasteiger partial charge in [0.1, 0.15) is 15.5 Å². The summed E-state index contributed by atoms with van der Waals surface area (Å²) in [6.45, 7) is 2.22. The van der Waals surface area contributed by atoms with Crippen LogP contribution in [0.3, 0.4) is 0 Å². The van der Waals surface area contributed by atoms with Gasteiger partial charge in [0.2, 0.25) is 5.78 Å². The molecule has 1 N–H and O–H groups in total. The lowest BCUT2D eigenvalue weighted by atomic mass is 10.0. The summed E-state index contributed by atoms with van der Waals surface area (Å²) in [5.41, 5.74) is 3.09. The third-order valence-electron chi connectivity index (χ3n) is 4.98. The third kappa shape index (κ3) is 4.26. The minimum atomic E-state index is -0.297. The number of anilines is 1. The van der Waals surface area contributed by atoms with Gasteiger partial charge in [0.25, 0.3) is 5.91 Å². The van der Waals surface area contributed by atoms with E-state index in [9.17, 15) is 9.59 Å². The first kappa shape index (κ1) is 21.7. The molecular formula is C25H22N2O4S. The van der Waals surface area contributed by atoms with E-state index in [0.717, 1.165) is 16.6 Å². The van der Waals surface area contributed by atoms with E-state index < -0.39 is 0 Å². The molecule has 6 nitrogen and oxygen atoms in total. The van der Waals surface area contributed by atoms with E-state index in [4.69, 9.17) is 9.47 Å². The minimum absolute atomic E-state index is 0.212. The van der Waals surface area contributed by atoms with Crippen LogP contribution in [0.2, 0.25) is 0 Å². The molecule has 2 heterocycles. The van der Waals surface area contributed by atoms with Gasteiger partial charge in [-0.05, 0) is 42.8 Å². The average Bonchev–Trinajstić information content (AvgIpc) is 3.17. The molecule has 0 saturated heterocycles. The predicted octanol–water partition coefficient (Wildman–Crippen LogP) is 5.24. The number of nitrogens with one attached hydrogen (secondary N) is 1. The molecule has 0 unspecified atom stereocenters. The van der Waals surface area contributed by atoms with E-state index in [1.54, 1.807) is 62.8 Å². The normalized spacial score (nSPS) is 10.8. The second-order valence-electron chi connectivity index (χ2n) is 7.22. The maximum Gasteiger partial charge on any atom is 0.255 e. The van der Waals surface area contributed by atoms with Crippen LogP contribution in [-0.2, 0) is 11.3 Å². The summed E-state index contributed by atoms with van der Waals surface area (Å²) >= 11 is 1.26. The van der Waals surface area contributed by atoms with Crippen LogP contribution in [0.25, 0.3) is 10.2 Å². The maximum atomic E-state index is 13.5. The summed E-state index contributed by atoms with van der Waals surface area (Å²) in [5, 5.41) is 3.69. The zero-order chi connectivity index (χ0) is 22.7. The number of amides is 1. The van der Waals surface area contributed by atoms with Gasteiger partial charge in [0, 0.05) is 29.3 Å². The molecule has 0 aliphatic rings. The summed E-state index contributed by atoms with van der Waals surface area (Å²) in [6, 6.07) is 17.8. The summed E-state index contributed by atoms with van der Waals surface area (Å²) in [7, 11) is 3.16. The first-order valence-electron chi connectivity index (χ1n) is 9.99. The predicted molar refractivity (Wildman–Crippen MR) is 126 cm³/mol. The van der Waals surface area contributed by atoms with Gasteiger partial charge in [-0.2, -0.15) is 0 Å².